The molecule has 1 amide bonds. The summed E-state index contributed by atoms with van der Waals surface area (Å²) in [5.74, 6) is -1.80. The molecule has 1 fully saturated rings. The molecule has 1 aromatic rings. The van der Waals surface area contributed by atoms with E-state index in [2.05, 4.69) is 10.2 Å². The van der Waals surface area contributed by atoms with Gasteiger partial charge in [-0.05, 0) is 43.4 Å². The number of aliphatic hydroxyl groups excluding tert-OH is 3. The van der Waals surface area contributed by atoms with E-state index in [1.807, 2.05) is 12.2 Å². The van der Waals surface area contributed by atoms with Gasteiger partial charge in [0.15, 0.2) is 0 Å². The molecule has 0 radical (unpaired) electrons. The smallest absolute Gasteiger partial charge is 0.416 e. The summed E-state index contributed by atoms with van der Waals surface area (Å²) in [6, 6.07) is 4.31. The highest BCUT2D eigenvalue weighted by Crippen LogP contribution is 2.36. The highest BCUT2D eigenvalue weighted by molar-refractivity contribution is 5.81. The fraction of sp³-hybridized carbons (Fsp3) is 0.571. The number of halogens is 3. The van der Waals surface area contributed by atoms with E-state index in [0.717, 1.165) is 12.1 Å². The van der Waals surface area contributed by atoms with Gasteiger partial charge in [-0.3, -0.25) is 24.8 Å². The molecule has 12 nitrogen and oxygen atoms in total. The van der Waals surface area contributed by atoms with Crippen LogP contribution in [0.4, 0.5) is 13.2 Å². The van der Waals surface area contributed by atoms with Crippen LogP contribution in [0.15, 0.2) is 48.6 Å². The topological polar surface area (TPSA) is 178 Å². The van der Waals surface area contributed by atoms with Gasteiger partial charge in [0, 0.05) is 25.2 Å². The van der Waals surface area contributed by atoms with Gasteiger partial charge in [-0.25, -0.2) is 0 Å². The van der Waals surface area contributed by atoms with Gasteiger partial charge in [-0.15, -0.1) is 0 Å². The Labute approximate surface area is 246 Å². The Hall–Kier alpha value is -3.05. The summed E-state index contributed by atoms with van der Waals surface area (Å²) in [6.07, 6.45) is 1.43. The van der Waals surface area contributed by atoms with Crippen molar-refractivity contribution in [1.29, 1.82) is 0 Å². The zero-order valence-corrected chi connectivity index (χ0v) is 23.4. The number of nitrogens with one attached hydrogen (secondary N) is 1. The lowest BCUT2D eigenvalue weighted by molar-refractivity contribution is -0.492. The van der Waals surface area contributed by atoms with Gasteiger partial charge in [-0.2, -0.15) is 13.2 Å². The quantitative estimate of drug-likeness (QED) is 0.0615. The highest BCUT2D eigenvalue weighted by atomic mass is 19.4. The maximum Gasteiger partial charge on any atom is 0.416 e. The molecule has 6 N–H and O–H groups in total. The van der Waals surface area contributed by atoms with E-state index in [9.17, 15) is 38.1 Å². The number of carbonyl (C=O) groups excluding carboxylic acids is 2. The average Bonchev–Trinajstić information content (AvgIpc) is 3.22. The van der Waals surface area contributed by atoms with Crippen LogP contribution in [-0.2, 0) is 25.3 Å². The van der Waals surface area contributed by atoms with E-state index >= 15 is 0 Å². The van der Waals surface area contributed by atoms with E-state index in [0.29, 0.717) is 19.3 Å². The number of carbonyl (C=O) groups is 2. The lowest BCUT2D eigenvalue weighted by atomic mass is 9.89. The number of hydrogen-bond donors (Lipinski definition) is 6. The third-order valence-electron chi connectivity index (χ3n) is 6.59. The summed E-state index contributed by atoms with van der Waals surface area (Å²) >= 11 is 0. The minimum Gasteiger partial charge on any atom is -0.491 e. The molecule has 15 heteroatoms. The maximum absolute atomic E-state index is 12.9. The second-order valence-corrected chi connectivity index (χ2v) is 9.94. The maximum atomic E-state index is 12.9. The van der Waals surface area contributed by atoms with Crippen LogP contribution in [0, 0.1) is 11.8 Å². The van der Waals surface area contributed by atoms with Crippen molar-refractivity contribution >= 4 is 11.9 Å². The molecule has 1 aromatic carbocycles. The van der Waals surface area contributed by atoms with Gasteiger partial charge >= 0.3 is 12.1 Å². The van der Waals surface area contributed by atoms with E-state index in [1.54, 1.807) is 6.08 Å². The fourth-order valence-electron chi connectivity index (χ4n) is 4.42. The van der Waals surface area contributed by atoms with Gasteiger partial charge in [0.1, 0.15) is 25.0 Å². The Kier molecular flexibility index (Phi) is 15.6. The van der Waals surface area contributed by atoms with E-state index in [-0.39, 0.29) is 63.2 Å². The third-order valence-corrected chi connectivity index (χ3v) is 6.59. The molecule has 0 aromatic heterocycles. The Morgan fingerprint density at radius 1 is 1.12 bits per heavy atom. The molecule has 2 rings (SSSR count). The molecule has 5 atom stereocenters. The van der Waals surface area contributed by atoms with Crippen LogP contribution >= 0.6 is 0 Å². The molecule has 0 bridgehead atoms. The molecule has 0 unspecified atom stereocenters. The largest absolute Gasteiger partial charge is 0.491 e. The Morgan fingerprint density at radius 2 is 1.88 bits per heavy atom. The number of esters is 1. The lowest BCUT2D eigenvalue weighted by Crippen LogP contribution is -2.30. The van der Waals surface area contributed by atoms with E-state index < -0.39 is 47.3 Å². The minimum absolute atomic E-state index is 0.0188. The van der Waals surface area contributed by atoms with Crippen LogP contribution in [0.3, 0.4) is 0 Å². The molecular formula is C28H39F3N2O10. The second kappa shape index (κ2) is 18.6. The summed E-state index contributed by atoms with van der Waals surface area (Å²) in [6.45, 7) is -0.696. The fourth-order valence-corrected chi connectivity index (χ4v) is 4.42. The van der Waals surface area contributed by atoms with Crippen LogP contribution in [0.5, 0.6) is 5.75 Å². The predicted octanol–water partition coefficient (Wildman–Crippen LogP) is 2.54. The summed E-state index contributed by atoms with van der Waals surface area (Å²) in [5, 5.41) is 49.7. The van der Waals surface area contributed by atoms with Gasteiger partial charge in [-0.1, -0.05) is 30.4 Å². The molecule has 1 aliphatic rings. The molecule has 43 heavy (non-hydrogen) atoms. The van der Waals surface area contributed by atoms with Crippen molar-refractivity contribution < 1.29 is 62.8 Å². The van der Waals surface area contributed by atoms with Crippen molar-refractivity contribution in [2.24, 2.45) is 11.8 Å². The molecule has 0 heterocycles. The number of alkyl halides is 3. The number of amides is 1. The standard InChI is InChI=1S/C28H39F3N2O10/c29-28(30,31)19-7-5-8-21(15-19)42-18-20(34)11-12-23-22(24(35)16-25(23)36)9-3-1-2-4-10-26(37)32-17-27(38)41-13-6-14-43-33(39)40/h1,3,5,7-8,11-12,15,20,22-25,34-36,39-40H,2,4,6,9-10,13-14,16-18H2,(H,32,37)/b3-1-,12-11+/t20-,22-,23-,24+,25-/m1/s1. The summed E-state index contributed by atoms with van der Waals surface area (Å²) in [5.41, 5.74) is -0.865. The number of rotatable bonds is 18. The monoisotopic (exact) mass is 620 g/mol. The first-order valence-corrected chi connectivity index (χ1v) is 13.8. The molecule has 1 saturated carbocycles. The van der Waals surface area contributed by atoms with Crippen LogP contribution in [0.2, 0.25) is 0 Å². The summed E-state index contributed by atoms with van der Waals surface area (Å²) < 4.78 is 48.7. The third kappa shape index (κ3) is 14.3. The molecule has 242 valence electrons. The van der Waals surface area contributed by atoms with Gasteiger partial charge in [0.2, 0.25) is 5.91 Å². The molecule has 1 aliphatic carbocycles. The normalized spacial score (nSPS) is 21.5. The summed E-state index contributed by atoms with van der Waals surface area (Å²) in [7, 11) is 0. The Bertz CT molecular complexity index is 1050. The molecule has 0 saturated heterocycles. The zero-order valence-electron chi connectivity index (χ0n) is 23.4. The molecule has 0 spiro atoms. The Balaban J connectivity index is 1.68. The van der Waals surface area contributed by atoms with Crippen molar-refractivity contribution in [1.82, 2.24) is 10.7 Å². The average molecular weight is 621 g/mol. The first-order valence-electron chi connectivity index (χ1n) is 13.8. The lowest BCUT2D eigenvalue weighted by Gasteiger charge is -2.19. The van der Waals surface area contributed by atoms with Crippen LogP contribution in [0.1, 0.15) is 44.1 Å². The van der Waals surface area contributed by atoms with E-state index in [4.69, 9.17) is 19.9 Å². The number of aliphatic hydroxyl groups is 3. The summed E-state index contributed by atoms with van der Waals surface area (Å²) in [4.78, 5) is 27.8. The number of hydrogen-bond acceptors (Lipinski definition) is 11. The number of nitrogens with zero attached hydrogens (tertiary/aromatic N) is 1. The zero-order chi connectivity index (χ0) is 31.8. The predicted molar refractivity (Wildman–Crippen MR) is 143 cm³/mol. The highest BCUT2D eigenvalue weighted by Gasteiger charge is 2.39. The second-order valence-electron chi connectivity index (χ2n) is 9.94. The molecule has 0 aliphatic heterocycles. The first-order chi connectivity index (χ1) is 20.4. The molecular weight excluding hydrogens is 581 g/mol. The number of ether oxygens (including phenoxy) is 2. The first kappa shape index (κ1) is 36.1. The number of benzene rings is 1. The van der Waals surface area contributed by atoms with Crippen molar-refractivity contribution in [3.63, 3.8) is 0 Å². The van der Waals surface area contributed by atoms with Gasteiger partial charge < -0.3 is 30.1 Å². The SMILES string of the molecule is O=C(CCC/C=C\C[C@@H]1[C@@H](/C=C/[C@@H](O)COc2cccc(C(F)(F)F)c2)[C@H](O)C[C@@H]1O)NCC(=O)OCCCON(O)O. The van der Waals surface area contributed by atoms with Crippen molar-refractivity contribution in [2.75, 3.05) is 26.4 Å². The van der Waals surface area contributed by atoms with Crippen LogP contribution < -0.4 is 10.1 Å². The van der Waals surface area contributed by atoms with E-state index in [1.165, 1.54) is 18.2 Å². The van der Waals surface area contributed by atoms with Crippen LogP contribution in [0.25, 0.3) is 0 Å². The van der Waals surface area contributed by atoms with Gasteiger partial charge in [0.05, 0.1) is 36.4 Å². The van der Waals surface area contributed by atoms with Gasteiger partial charge in [0.25, 0.3) is 0 Å². The minimum atomic E-state index is -4.52. The Morgan fingerprint density at radius 3 is 2.60 bits per heavy atom. The van der Waals surface area contributed by atoms with Crippen molar-refractivity contribution in [3.05, 3.63) is 54.1 Å². The van der Waals surface area contributed by atoms with Crippen LogP contribution in [-0.4, -0.2) is 87.7 Å². The van der Waals surface area contributed by atoms with Crippen molar-refractivity contribution in [2.45, 2.75) is 63.0 Å². The number of unbranched alkanes of at least 4 members (excludes halogenated alkanes) is 1. The van der Waals surface area contributed by atoms with Crippen molar-refractivity contribution in [3.8, 4) is 5.75 Å². The number of allylic oxidation sites excluding steroid dienone is 2.